The number of unbranched alkanes of at least 4 members (excludes halogenated alkanes) is 5. The van der Waals surface area contributed by atoms with E-state index in [1.54, 1.807) is 0 Å². The van der Waals surface area contributed by atoms with Crippen LogP contribution in [0.15, 0.2) is 11.8 Å². The van der Waals surface area contributed by atoms with Gasteiger partial charge in [-0.15, -0.1) is 0 Å². The first-order chi connectivity index (χ1) is 7.70. The van der Waals surface area contributed by atoms with Gasteiger partial charge in [0.15, 0.2) is 0 Å². The molecule has 3 heteroatoms. The number of hydrogen-bond donors (Lipinski definition) is 1. The summed E-state index contributed by atoms with van der Waals surface area (Å²) >= 11 is 0. The van der Waals surface area contributed by atoms with Gasteiger partial charge in [0.2, 0.25) is 0 Å². The van der Waals surface area contributed by atoms with Crippen molar-refractivity contribution < 1.29 is 14.6 Å². The quantitative estimate of drug-likeness (QED) is 0.352. The van der Waals surface area contributed by atoms with Crippen molar-refractivity contribution >= 4 is 6.16 Å². The van der Waals surface area contributed by atoms with E-state index in [0.29, 0.717) is 5.76 Å². The van der Waals surface area contributed by atoms with Crippen LogP contribution in [0.5, 0.6) is 0 Å². The second kappa shape index (κ2) is 10.5. The molecule has 0 fully saturated rings. The molecule has 0 bridgehead atoms. The van der Waals surface area contributed by atoms with Crippen molar-refractivity contribution in [1.29, 1.82) is 0 Å². The fourth-order valence-corrected chi connectivity index (χ4v) is 1.61. The lowest BCUT2D eigenvalue weighted by atomic mass is 10.1. The van der Waals surface area contributed by atoms with Crippen molar-refractivity contribution in [3.63, 3.8) is 0 Å². The lowest BCUT2D eigenvalue weighted by Crippen LogP contribution is -2.00. The molecular weight excluding hydrogens is 204 g/mol. The molecule has 0 spiro atoms. The molecule has 0 aliphatic rings. The molecule has 0 saturated carbocycles. The molecule has 0 aliphatic carbocycles. The van der Waals surface area contributed by atoms with Crippen LogP contribution in [0.3, 0.4) is 0 Å². The lowest BCUT2D eigenvalue weighted by molar-refractivity contribution is 0.115. The van der Waals surface area contributed by atoms with Gasteiger partial charge in [-0.3, -0.25) is 0 Å². The summed E-state index contributed by atoms with van der Waals surface area (Å²) in [7, 11) is 0. The van der Waals surface area contributed by atoms with Gasteiger partial charge in [-0.1, -0.05) is 46.0 Å². The van der Waals surface area contributed by atoms with E-state index in [9.17, 15) is 4.79 Å². The topological polar surface area (TPSA) is 46.5 Å². The summed E-state index contributed by atoms with van der Waals surface area (Å²) in [6.07, 6.45) is 9.44. The smallest absolute Gasteiger partial charge is 0.449 e. The summed E-state index contributed by atoms with van der Waals surface area (Å²) in [6, 6.07) is 0. The third-order valence-electron chi connectivity index (χ3n) is 2.43. The Kier molecular flexibility index (Phi) is 9.87. The fourth-order valence-electron chi connectivity index (χ4n) is 1.61. The van der Waals surface area contributed by atoms with Gasteiger partial charge in [0.1, 0.15) is 5.76 Å². The first-order valence-corrected chi connectivity index (χ1v) is 6.30. The maximum Gasteiger partial charge on any atom is 0.511 e. The van der Waals surface area contributed by atoms with Gasteiger partial charge in [0.05, 0.1) is 0 Å². The maximum absolute atomic E-state index is 10.4. The van der Waals surface area contributed by atoms with Crippen molar-refractivity contribution in [3.05, 3.63) is 11.8 Å². The van der Waals surface area contributed by atoms with Crippen molar-refractivity contribution in [2.24, 2.45) is 0 Å². The van der Waals surface area contributed by atoms with Gasteiger partial charge in [-0.05, 0) is 18.9 Å². The molecule has 0 heterocycles. The Morgan fingerprint density at radius 1 is 1.12 bits per heavy atom. The predicted molar refractivity (Wildman–Crippen MR) is 65.5 cm³/mol. The standard InChI is InChI=1S/C13H24O3/c1-3-5-6-7-8-9-11-12(10-4-2)16-13(14)15/h10H,3-9,11H2,1-2H3,(H,14,15). The summed E-state index contributed by atoms with van der Waals surface area (Å²) < 4.78 is 4.70. The van der Waals surface area contributed by atoms with Crippen molar-refractivity contribution in [2.75, 3.05) is 0 Å². The van der Waals surface area contributed by atoms with Gasteiger partial charge in [-0.25, -0.2) is 4.79 Å². The van der Waals surface area contributed by atoms with Crippen LogP contribution in [0, 0.1) is 0 Å². The van der Waals surface area contributed by atoms with E-state index in [4.69, 9.17) is 9.84 Å². The third-order valence-corrected chi connectivity index (χ3v) is 2.43. The zero-order chi connectivity index (χ0) is 12.2. The van der Waals surface area contributed by atoms with Crippen LogP contribution in [0.25, 0.3) is 0 Å². The van der Waals surface area contributed by atoms with Gasteiger partial charge in [0, 0.05) is 6.42 Å². The summed E-state index contributed by atoms with van der Waals surface area (Å²) in [5.74, 6) is 0.602. The van der Waals surface area contributed by atoms with E-state index < -0.39 is 6.16 Å². The molecule has 0 aromatic heterocycles. The highest BCUT2D eigenvalue weighted by atomic mass is 16.7. The summed E-state index contributed by atoms with van der Waals surface area (Å²) in [6.45, 7) is 4.18. The molecule has 0 aromatic carbocycles. The van der Waals surface area contributed by atoms with Crippen molar-refractivity contribution in [2.45, 2.75) is 65.2 Å². The molecule has 0 amide bonds. The highest BCUT2D eigenvalue weighted by molar-refractivity contribution is 5.58. The maximum atomic E-state index is 10.4. The summed E-state index contributed by atoms with van der Waals surface area (Å²) in [4.78, 5) is 10.4. The highest BCUT2D eigenvalue weighted by Gasteiger charge is 2.03. The minimum Gasteiger partial charge on any atom is -0.449 e. The number of carboxylic acid groups (broad SMARTS) is 1. The van der Waals surface area contributed by atoms with Crippen LogP contribution in [0.4, 0.5) is 4.79 Å². The van der Waals surface area contributed by atoms with E-state index >= 15 is 0 Å². The zero-order valence-corrected chi connectivity index (χ0v) is 10.5. The lowest BCUT2D eigenvalue weighted by Gasteiger charge is -2.05. The third kappa shape index (κ3) is 9.56. The molecule has 0 saturated heterocycles. The van der Waals surface area contributed by atoms with E-state index in [1.807, 2.05) is 13.0 Å². The Labute approximate surface area is 98.5 Å². The molecule has 1 N–H and O–H groups in total. The van der Waals surface area contributed by atoms with E-state index in [-0.39, 0.29) is 0 Å². The van der Waals surface area contributed by atoms with Crippen LogP contribution in [0.2, 0.25) is 0 Å². The van der Waals surface area contributed by atoms with E-state index in [0.717, 1.165) is 25.7 Å². The Bertz CT molecular complexity index is 209. The SMILES string of the molecule is CCC=C(CCCCCCCC)OC(=O)O. The molecule has 0 rings (SSSR count). The predicted octanol–water partition coefficient (Wildman–Crippen LogP) is 4.73. The minimum absolute atomic E-state index is 0.602. The first kappa shape index (κ1) is 15.0. The number of allylic oxidation sites excluding steroid dienone is 2. The minimum atomic E-state index is -1.20. The molecule has 3 nitrogen and oxygen atoms in total. The monoisotopic (exact) mass is 228 g/mol. The molecule has 0 aliphatic heterocycles. The number of ether oxygens (including phenoxy) is 1. The number of rotatable bonds is 9. The number of hydrogen-bond acceptors (Lipinski definition) is 2. The van der Waals surface area contributed by atoms with Crippen LogP contribution >= 0.6 is 0 Å². The normalized spacial score (nSPS) is 11.5. The zero-order valence-electron chi connectivity index (χ0n) is 10.5. The van der Waals surface area contributed by atoms with Gasteiger partial charge >= 0.3 is 6.16 Å². The Hall–Kier alpha value is -0.990. The second-order valence-electron chi connectivity index (χ2n) is 3.96. The first-order valence-electron chi connectivity index (χ1n) is 6.30. The second-order valence-corrected chi connectivity index (χ2v) is 3.96. The van der Waals surface area contributed by atoms with Crippen LogP contribution < -0.4 is 0 Å². The Morgan fingerprint density at radius 2 is 1.75 bits per heavy atom. The Balaban J connectivity index is 3.61. The average molecular weight is 228 g/mol. The summed E-state index contributed by atoms with van der Waals surface area (Å²) in [5, 5.41) is 8.52. The molecule has 16 heavy (non-hydrogen) atoms. The number of carbonyl (C=O) groups is 1. The molecule has 0 unspecified atom stereocenters. The largest absolute Gasteiger partial charge is 0.511 e. The molecular formula is C13H24O3. The highest BCUT2D eigenvalue weighted by Crippen LogP contribution is 2.13. The van der Waals surface area contributed by atoms with Gasteiger partial charge in [-0.2, -0.15) is 0 Å². The Morgan fingerprint density at radius 3 is 2.31 bits per heavy atom. The average Bonchev–Trinajstić information content (AvgIpc) is 2.22. The summed E-state index contributed by atoms with van der Waals surface area (Å²) in [5.41, 5.74) is 0. The molecule has 0 atom stereocenters. The molecule has 0 radical (unpaired) electrons. The van der Waals surface area contributed by atoms with Crippen molar-refractivity contribution in [1.82, 2.24) is 0 Å². The van der Waals surface area contributed by atoms with Gasteiger partial charge < -0.3 is 9.84 Å². The molecule has 0 aromatic rings. The van der Waals surface area contributed by atoms with Gasteiger partial charge in [0.25, 0.3) is 0 Å². The van der Waals surface area contributed by atoms with Crippen molar-refractivity contribution in [3.8, 4) is 0 Å². The van der Waals surface area contributed by atoms with Crippen LogP contribution in [-0.4, -0.2) is 11.3 Å². The van der Waals surface area contributed by atoms with Crippen LogP contribution in [-0.2, 0) is 4.74 Å². The fraction of sp³-hybridized carbons (Fsp3) is 0.769. The van der Waals surface area contributed by atoms with Crippen LogP contribution in [0.1, 0.15) is 65.2 Å². The molecule has 94 valence electrons. The van der Waals surface area contributed by atoms with E-state index in [2.05, 4.69) is 6.92 Å². The van der Waals surface area contributed by atoms with E-state index in [1.165, 1.54) is 25.7 Å².